The summed E-state index contributed by atoms with van der Waals surface area (Å²) < 4.78 is 28.8. The summed E-state index contributed by atoms with van der Waals surface area (Å²) in [7, 11) is -3.91. The Balaban J connectivity index is 1.77. The van der Waals surface area contributed by atoms with Crippen LogP contribution in [-0.4, -0.2) is 31.4 Å². The molecule has 7 nitrogen and oxygen atoms in total. The van der Waals surface area contributed by atoms with Gasteiger partial charge in [0.15, 0.2) is 0 Å². The predicted molar refractivity (Wildman–Crippen MR) is 122 cm³/mol. The zero-order valence-electron chi connectivity index (χ0n) is 18.3. The van der Waals surface area contributed by atoms with Gasteiger partial charge in [0.1, 0.15) is 6.04 Å². The third kappa shape index (κ3) is 6.64. The van der Waals surface area contributed by atoms with Crippen LogP contribution in [0.4, 0.5) is 0 Å². The molecule has 0 saturated heterocycles. The van der Waals surface area contributed by atoms with Crippen LogP contribution in [0.3, 0.4) is 0 Å². The third-order valence-corrected chi connectivity index (χ3v) is 7.25. The Labute approximate surface area is 184 Å². The van der Waals surface area contributed by atoms with Gasteiger partial charge in [0, 0.05) is 17.6 Å². The lowest BCUT2D eigenvalue weighted by Gasteiger charge is -2.25. The lowest BCUT2D eigenvalue weighted by Crippen LogP contribution is -2.50. The zero-order chi connectivity index (χ0) is 22.4. The van der Waals surface area contributed by atoms with Gasteiger partial charge in [-0.1, -0.05) is 46.0 Å². The quantitative estimate of drug-likeness (QED) is 0.604. The van der Waals surface area contributed by atoms with E-state index in [0.717, 1.165) is 25.7 Å². The van der Waals surface area contributed by atoms with E-state index >= 15 is 0 Å². The molecule has 170 valence electrons. The van der Waals surface area contributed by atoms with Crippen LogP contribution in [0.5, 0.6) is 0 Å². The van der Waals surface area contributed by atoms with Crippen LogP contribution in [-0.2, 0) is 14.8 Å². The molecule has 1 atom stereocenters. The number of rotatable bonds is 7. The van der Waals surface area contributed by atoms with Gasteiger partial charge in [-0.05, 0) is 54.8 Å². The number of H-pyrrole nitrogens is 1. The fourth-order valence-electron chi connectivity index (χ4n) is 4.14. The first-order chi connectivity index (χ1) is 14.7. The van der Waals surface area contributed by atoms with Crippen LogP contribution in [0.25, 0.3) is 10.9 Å². The number of fused-ring (bicyclic) bond motifs is 1. The lowest BCUT2D eigenvalue weighted by atomic mass is 9.96. The van der Waals surface area contributed by atoms with Crippen LogP contribution < -0.4 is 15.6 Å². The molecule has 1 amide bonds. The largest absolute Gasteiger partial charge is 0.352 e. The Morgan fingerprint density at radius 3 is 2.42 bits per heavy atom. The van der Waals surface area contributed by atoms with Crippen molar-refractivity contribution in [3.63, 3.8) is 0 Å². The van der Waals surface area contributed by atoms with Crippen molar-refractivity contribution in [1.82, 2.24) is 15.0 Å². The molecule has 3 rings (SSSR count). The van der Waals surface area contributed by atoms with E-state index in [2.05, 4.69) is 15.0 Å². The number of carbonyl (C=O) groups is 1. The van der Waals surface area contributed by atoms with E-state index in [1.165, 1.54) is 37.5 Å². The Kier molecular flexibility index (Phi) is 7.89. The Morgan fingerprint density at radius 1 is 1.06 bits per heavy atom. The summed E-state index contributed by atoms with van der Waals surface area (Å²) in [6, 6.07) is 6.73. The van der Waals surface area contributed by atoms with Crippen molar-refractivity contribution in [3.05, 3.63) is 40.7 Å². The maximum absolute atomic E-state index is 13.1. The van der Waals surface area contributed by atoms with E-state index in [1.54, 1.807) is 12.1 Å². The molecule has 1 aromatic carbocycles. The number of pyridine rings is 1. The molecule has 0 radical (unpaired) electrons. The van der Waals surface area contributed by atoms with E-state index in [0.29, 0.717) is 17.3 Å². The minimum Gasteiger partial charge on any atom is -0.352 e. The van der Waals surface area contributed by atoms with Gasteiger partial charge in [-0.3, -0.25) is 9.59 Å². The summed E-state index contributed by atoms with van der Waals surface area (Å²) in [6.45, 7) is 3.94. The smallest absolute Gasteiger partial charge is 0.248 e. The number of nitrogens with one attached hydrogen (secondary N) is 3. The van der Waals surface area contributed by atoms with E-state index in [1.807, 2.05) is 13.8 Å². The Bertz CT molecular complexity index is 1050. The minimum atomic E-state index is -3.91. The van der Waals surface area contributed by atoms with Crippen LogP contribution in [0.2, 0.25) is 0 Å². The highest BCUT2D eigenvalue weighted by atomic mass is 32.2. The molecule has 0 spiro atoms. The molecular weight excluding hydrogens is 414 g/mol. The first-order valence-electron chi connectivity index (χ1n) is 11.2. The van der Waals surface area contributed by atoms with Crippen molar-refractivity contribution in [3.8, 4) is 0 Å². The maximum atomic E-state index is 13.1. The first-order valence-corrected chi connectivity index (χ1v) is 12.7. The molecule has 2 aromatic rings. The number of hydrogen-bond donors (Lipinski definition) is 3. The SMILES string of the molecule is CC(C)CC(NS(=O)(=O)c1ccc2[nH]c(=O)ccc2c1)C(=O)NC1CCCCCCC1. The fraction of sp³-hybridized carbons (Fsp3) is 0.565. The van der Waals surface area contributed by atoms with Gasteiger partial charge in [0.2, 0.25) is 21.5 Å². The van der Waals surface area contributed by atoms with Crippen molar-refractivity contribution >= 4 is 26.8 Å². The molecule has 8 heteroatoms. The van der Waals surface area contributed by atoms with Gasteiger partial charge in [0.05, 0.1) is 4.90 Å². The second-order valence-corrected chi connectivity index (χ2v) is 10.6. The Hall–Kier alpha value is -2.19. The van der Waals surface area contributed by atoms with Crippen molar-refractivity contribution in [2.24, 2.45) is 5.92 Å². The zero-order valence-corrected chi connectivity index (χ0v) is 19.1. The highest BCUT2D eigenvalue weighted by molar-refractivity contribution is 7.89. The van der Waals surface area contributed by atoms with Gasteiger partial charge in [0.25, 0.3) is 0 Å². The van der Waals surface area contributed by atoms with Crippen LogP contribution >= 0.6 is 0 Å². The maximum Gasteiger partial charge on any atom is 0.248 e. The Morgan fingerprint density at radius 2 is 1.74 bits per heavy atom. The molecule has 0 aliphatic heterocycles. The third-order valence-electron chi connectivity index (χ3n) is 5.78. The van der Waals surface area contributed by atoms with Crippen LogP contribution in [0.1, 0.15) is 65.2 Å². The van der Waals surface area contributed by atoms with E-state index < -0.39 is 16.1 Å². The lowest BCUT2D eigenvalue weighted by molar-refractivity contribution is -0.123. The van der Waals surface area contributed by atoms with Gasteiger partial charge in [-0.15, -0.1) is 0 Å². The van der Waals surface area contributed by atoms with Crippen LogP contribution in [0.15, 0.2) is 40.0 Å². The highest BCUT2D eigenvalue weighted by Crippen LogP contribution is 2.20. The number of aromatic amines is 1. The molecule has 1 unspecified atom stereocenters. The molecule has 31 heavy (non-hydrogen) atoms. The standard InChI is InChI=1S/C23H33N3O4S/c1-16(2)14-21(23(28)24-18-8-6-4-3-5-7-9-18)26-31(29,30)19-11-12-20-17(15-19)10-13-22(27)25-20/h10-13,15-16,18,21,26H,3-9,14H2,1-2H3,(H,24,28)(H,25,27). The number of hydrogen-bond acceptors (Lipinski definition) is 4. The van der Waals surface area contributed by atoms with E-state index in [4.69, 9.17) is 0 Å². The normalized spacial score (nSPS) is 17.3. The summed E-state index contributed by atoms with van der Waals surface area (Å²) in [5, 5.41) is 3.71. The summed E-state index contributed by atoms with van der Waals surface area (Å²) >= 11 is 0. The number of carbonyl (C=O) groups excluding carboxylic acids is 1. The monoisotopic (exact) mass is 447 g/mol. The van der Waals surface area contributed by atoms with Crippen molar-refractivity contribution in [2.45, 2.75) is 82.2 Å². The van der Waals surface area contributed by atoms with E-state index in [-0.39, 0.29) is 28.3 Å². The van der Waals surface area contributed by atoms with E-state index in [9.17, 15) is 18.0 Å². The second-order valence-electron chi connectivity index (χ2n) is 8.93. The van der Waals surface area contributed by atoms with Crippen LogP contribution in [0, 0.1) is 5.92 Å². The molecule has 1 aliphatic carbocycles. The average Bonchev–Trinajstić information content (AvgIpc) is 2.68. The number of amides is 1. The first kappa shape index (κ1) is 23.5. The van der Waals surface area contributed by atoms with Gasteiger partial charge in [-0.25, -0.2) is 8.42 Å². The van der Waals surface area contributed by atoms with Gasteiger partial charge < -0.3 is 10.3 Å². The van der Waals surface area contributed by atoms with Gasteiger partial charge in [-0.2, -0.15) is 4.72 Å². The highest BCUT2D eigenvalue weighted by Gasteiger charge is 2.28. The molecule has 3 N–H and O–H groups in total. The van der Waals surface area contributed by atoms with Crippen molar-refractivity contribution in [1.29, 1.82) is 0 Å². The number of aromatic nitrogens is 1. The summed E-state index contributed by atoms with van der Waals surface area (Å²) in [6.07, 6.45) is 8.08. The molecule has 1 aliphatic rings. The topological polar surface area (TPSA) is 108 Å². The molecule has 0 bridgehead atoms. The van der Waals surface area contributed by atoms with Crippen molar-refractivity contribution in [2.75, 3.05) is 0 Å². The van der Waals surface area contributed by atoms with Gasteiger partial charge >= 0.3 is 0 Å². The number of benzene rings is 1. The predicted octanol–water partition coefficient (Wildman–Crippen LogP) is 3.45. The summed E-state index contributed by atoms with van der Waals surface area (Å²) in [5.41, 5.74) is 0.316. The molecule has 1 heterocycles. The molecule has 1 saturated carbocycles. The molecule has 1 aromatic heterocycles. The molecule has 1 fully saturated rings. The summed E-state index contributed by atoms with van der Waals surface area (Å²) in [4.78, 5) is 27.2. The number of sulfonamides is 1. The molecular formula is C23H33N3O4S. The second kappa shape index (κ2) is 10.4. The fourth-order valence-corrected chi connectivity index (χ4v) is 5.38. The average molecular weight is 448 g/mol. The minimum absolute atomic E-state index is 0.0690. The van der Waals surface area contributed by atoms with Crippen molar-refractivity contribution < 1.29 is 13.2 Å². The summed E-state index contributed by atoms with van der Waals surface area (Å²) in [5.74, 6) is -0.106.